The molecule has 24 heavy (non-hydrogen) atoms. The molecule has 0 saturated carbocycles. The lowest BCUT2D eigenvalue weighted by Crippen LogP contribution is -2.31. The molecule has 0 unspecified atom stereocenters. The molecule has 2 aromatic carbocycles. The monoisotopic (exact) mass is 391 g/mol. The van der Waals surface area contributed by atoms with Gasteiger partial charge in [-0.05, 0) is 24.3 Å². The number of likely N-dealkylation sites (N-methyl/N-ethyl adjacent to an activating group) is 1. The van der Waals surface area contributed by atoms with Gasteiger partial charge in [-0.15, -0.1) is 0 Å². The van der Waals surface area contributed by atoms with Crippen LogP contribution in [0.1, 0.15) is 15.9 Å². The number of carbonyl (C=O) groups excluding carboxylic acids is 2. The van der Waals surface area contributed by atoms with Crippen LogP contribution in [-0.4, -0.2) is 37.5 Å². The van der Waals surface area contributed by atoms with Gasteiger partial charge in [0.1, 0.15) is 5.75 Å². The molecule has 0 spiro atoms. The zero-order chi connectivity index (χ0) is 17.5. The quantitative estimate of drug-likeness (QED) is 0.709. The number of ether oxygens (including phenoxy) is 2. The van der Waals surface area contributed by atoms with Crippen LogP contribution in [0.4, 0.5) is 0 Å². The highest BCUT2D eigenvalue weighted by molar-refractivity contribution is 9.10. The lowest BCUT2D eigenvalue weighted by Gasteiger charge is -2.18. The molecule has 2 aromatic rings. The highest BCUT2D eigenvalue weighted by Crippen LogP contribution is 2.18. The third-order valence-electron chi connectivity index (χ3n) is 3.41. The van der Waals surface area contributed by atoms with E-state index < -0.39 is 5.97 Å². The third kappa shape index (κ3) is 4.83. The Morgan fingerprint density at radius 1 is 1.12 bits per heavy atom. The first kappa shape index (κ1) is 18.0. The van der Waals surface area contributed by atoms with E-state index in [1.807, 2.05) is 30.3 Å². The van der Waals surface area contributed by atoms with Crippen molar-refractivity contribution < 1.29 is 19.1 Å². The zero-order valence-electron chi connectivity index (χ0n) is 13.5. The van der Waals surface area contributed by atoms with E-state index in [0.717, 1.165) is 10.0 Å². The molecule has 0 aliphatic rings. The molecule has 1 amide bonds. The Morgan fingerprint density at radius 2 is 1.88 bits per heavy atom. The van der Waals surface area contributed by atoms with E-state index in [1.54, 1.807) is 32.4 Å². The standard InChI is InChI=1S/C18H18BrNO4/c1-20(11-14-6-3-4-9-16(14)23-2)17(21)12-24-18(22)13-7-5-8-15(19)10-13/h3-10H,11-12H2,1-2H3. The second kappa shape index (κ2) is 8.49. The van der Waals surface area contributed by atoms with Gasteiger partial charge in [0.15, 0.2) is 6.61 Å². The summed E-state index contributed by atoms with van der Waals surface area (Å²) in [5.41, 5.74) is 1.28. The number of rotatable bonds is 6. The average molecular weight is 392 g/mol. The number of amides is 1. The van der Waals surface area contributed by atoms with E-state index in [1.165, 1.54) is 4.90 Å². The van der Waals surface area contributed by atoms with Crippen molar-refractivity contribution in [2.24, 2.45) is 0 Å². The van der Waals surface area contributed by atoms with E-state index in [4.69, 9.17) is 9.47 Å². The van der Waals surface area contributed by atoms with Crippen LogP contribution in [0.3, 0.4) is 0 Å². The van der Waals surface area contributed by atoms with Crippen LogP contribution in [-0.2, 0) is 16.1 Å². The number of hydrogen-bond donors (Lipinski definition) is 0. The zero-order valence-corrected chi connectivity index (χ0v) is 15.1. The topological polar surface area (TPSA) is 55.8 Å². The fourth-order valence-corrected chi connectivity index (χ4v) is 2.51. The molecule has 0 radical (unpaired) electrons. The van der Waals surface area contributed by atoms with Gasteiger partial charge in [-0.1, -0.05) is 40.2 Å². The molecule has 0 bridgehead atoms. The van der Waals surface area contributed by atoms with Crippen LogP contribution >= 0.6 is 15.9 Å². The van der Waals surface area contributed by atoms with Crippen molar-refractivity contribution in [1.29, 1.82) is 0 Å². The van der Waals surface area contributed by atoms with Crippen molar-refractivity contribution in [2.75, 3.05) is 20.8 Å². The first-order valence-electron chi connectivity index (χ1n) is 7.30. The van der Waals surface area contributed by atoms with Crippen molar-refractivity contribution in [3.8, 4) is 5.75 Å². The number of para-hydroxylation sites is 1. The van der Waals surface area contributed by atoms with Crippen LogP contribution in [0.2, 0.25) is 0 Å². The number of benzene rings is 2. The molecule has 0 aliphatic heterocycles. The first-order valence-corrected chi connectivity index (χ1v) is 8.09. The highest BCUT2D eigenvalue weighted by atomic mass is 79.9. The summed E-state index contributed by atoms with van der Waals surface area (Å²) in [6.07, 6.45) is 0. The van der Waals surface area contributed by atoms with Gasteiger partial charge in [0.05, 0.1) is 12.7 Å². The fraction of sp³-hybridized carbons (Fsp3) is 0.222. The number of carbonyl (C=O) groups is 2. The van der Waals surface area contributed by atoms with Gasteiger partial charge in [0.25, 0.3) is 5.91 Å². The number of esters is 1. The van der Waals surface area contributed by atoms with Crippen LogP contribution < -0.4 is 4.74 Å². The Balaban J connectivity index is 1.91. The van der Waals surface area contributed by atoms with Crippen molar-refractivity contribution in [3.05, 3.63) is 64.1 Å². The smallest absolute Gasteiger partial charge is 0.338 e. The fourth-order valence-electron chi connectivity index (χ4n) is 2.11. The Kier molecular flexibility index (Phi) is 6.37. The van der Waals surface area contributed by atoms with Gasteiger partial charge in [-0.3, -0.25) is 4.79 Å². The normalized spacial score (nSPS) is 10.1. The van der Waals surface area contributed by atoms with Gasteiger partial charge >= 0.3 is 5.97 Å². The number of halogens is 1. The maximum Gasteiger partial charge on any atom is 0.338 e. The minimum absolute atomic E-state index is 0.288. The Bertz CT molecular complexity index is 732. The minimum atomic E-state index is -0.532. The maximum atomic E-state index is 12.1. The summed E-state index contributed by atoms with van der Waals surface area (Å²) in [5.74, 6) is -0.108. The van der Waals surface area contributed by atoms with Gasteiger partial charge in [-0.25, -0.2) is 4.79 Å². The molecule has 0 atom stereocenters. The maximum absolute atomic E-state index is 12.1. The van der Waals surface area contributed by atoms with E-state index in [-0.39, 0.29) is 12.5 Å². The average Bonchev–Trinajstić information content (AvgIpc) is 2.59. The predicted octanol–water partition coefficient (Wildman–Crippen LogP) is 3.27. The van der Waals surface area contributed by atoms with Crippen LogP contribution in [0.25, 0.3) is 0 Å². The Labute approximate surface area is 149 Å². The molecule has 5 nitrogen and oxygen atoms in total. The molecule has 6 heteroatoms. The molecule has 0 fully saturated rings. The van der Waals surface area contributed by atoms with Gasteiger partial charge in [-0.2, -0.15) is 0 Å². The summed E-state index contributed by atoms with van der Waals surface area (Å²) < 4.78 is 11.1. The molecule has 0 aliphatic carbocycles. The highest BCUT2D eigenvalue weighted by Gasteiger charge is 2.15. The van der Waals surface area contributed by atoms with Gasteiger partial charge in [0, 0.05) is 23.6 Å². The molecule has 0 saturated heterocycles. The molecule has 0 heterocycles. The SMILES string of the molecule is COc1ccccc1CN(C)C(=O)COC(=O)c1cccc(Br)c1. The van der Waals surface area contributed by atoms with Gasteiger partial charge in [0.2, 0.25) is 0 Å². The van der Waals surface area contributed by atoms with E-state index >= 15 is 0 Å². The van der Waals surface area contributed by atoms with E-state index in [0.29, 0.717) is 17.9 Å². The second-order valence-electron chi connectivity index (χ2n) is 5.15. The minimum Gasteiger partial charge on any atom is -0.496 e. The van der Waals surface area contributed by atoms with Crippen molar-refractivity contribution >= 4 is 27.8 Å². The van der Waals surface area contributed by atoms with E-state index in [9.17, 15) is 9.59 Å². The van der Waals surface area contributed by atoms with Crippen LogP contribution in [0.5, 0.6) is 5.75 Å². The molecule has 0 N–H and O–H groups in total. The second-order valence-corrected chi connectivity index (χ2v) is 6.06. The van der Waals surface area contributed by atoms with Crippen LogP contribution in [0, 0.1) is 0 Å². The molecular weight excluding hydrogens is 374 g/mol. The summed E-state index contributed by atoms with van der Waals surface area (Å²) in [6, 6.07) is 14.3. The lowest BCUT2D eigenvalue weighted by atomic mass is 10.2. The summed E-state index contributed by atoms with van der Waals surface area (Å²) in [4.78, 5) is 25.6. The van der Waals surface area contributed by atoms with Crippen molar-refractivity contribution in [3.63, 3.8) is 0 Å². The van der Waals surface area contributed by atoms with Gasteiger partial charge < -0.3 is 14.4 Å². The molecular formula is C18H18BrNO4. The third-order valence-corrected chi connectivity index (χ3v) is 3.91. The van der Waals surface area contributed by atoms with Crippen molar-refractivity contribution in [1.82, 2.24) is 4.90 Å². The van der Waals surface area contributed by atoms with Crippen LogP contribution in [0.15, 0.2) is 53.0 Å². The Morgan fingerprint density at radius 3 is 2.58 bits per heavy atom. The summed E-state index contributed by atoms with van der Waals surface area (Å²) in [5, 5.41) is 0. The summed E-state index contributed by atoms with van der Waals surface area (Å²) in [7, 11) is 3.24. The molecule has 126 valence electrons. The Hall–Kier alpha value is -2.34. The lowest BCUT2D eigenvalue weighted by molar-refractivity contribution is -0.133. The predicted molar refractivity (Wildman–Crippen MR) is 93.9 cm³/mol. The largest absolute Gasteiger partial charge is 0.496 e. The number of methoxy groups -OCH3 is 1. The first-order chi connectivity index (χ1) is 11.5. The summed E-state index contributed by atoms with van der Waals surface area (Å²) in [6.45, 7) is 0.0638. The summed E-state index contributed by atoms with van der Waals surface area (Å²) >= 11 is 3.29. The van der Waals surface area contributed by atoms with Crippen molar-refractivity contribution in [2.45, 2.75) is 6.54 Å². The number of hydrogen-bond acceptors (Lipinski definition) is 4. The number of nitrogens with zero attached hydrogens (tertiary/aromatic N) is 1. The molecule has 0 aromatic heterocycles. The van der Waals surface area contributed by atoms with E-state index in [2.05, 4.69) is 15.9 Å². The molecule has 2 rings (SSSR count).